The highest BCUT2D eigenvalue weighted by atomic mass is 16.4. The second kappa shape index (κ2) is 4.31. The van der Waals surface area contributed by atoms with E-state index in [0.29, 0.717) is 24.5 Å². The Balaban J connectivity index is 1.78. The number of benzene rings is 1. The lowest BCUT2D eigenvalue weighted by atomic mass is 10.1. The third kappa shape index (κ3) is 2.24. The van der Waals surface area contributed by atoms with E-state index in [0.717, 1.165) is 22.7 Å². The van der Waals surface area contributed by atoms with Crippen molar-refractivity contribution in [2.45, 2.75) is 19.9 Å². The number of oxazole rings is 1. The number of amides is 1. The molecule has 1 amide bonds. The molecule has 2 heterocycles. The van der Waals surface area contributed by atoms with Crippen molar-refractivity contribution < 1.29 is 9.21 Å². The minimum Gasteiger partial charge on any atom is -0.444 e. The molecule has 0 radical (unpaired) electrons. The van der Waals surface area contributed by atoms with Gasteiger partial charge in [-0.3, -0.25) is 4.79 Å². The molecule has 0 bridgehead atoms. The number of rotatable bonds is 3. The maximum Gasteiger partial charge on any atom is 0.228 e. The Bertz CT molecular complexity index is 648. The van der Waals surface area contributed by atoms with Crippen LogP contribution in [0, 0.1) is 6.92 Å². The Labute approximate surface area is 110 Å². The number of carbonyl (C=O) groups is 1. The maximum atomic E-state index is 11.3. The van der Waals surface area contributed by atoms with Crippen LogP contribution in [0.1, 0.15) is 17.2 Å². The largest absolute Gasteiger partial charge is 0.444 e. The normalized spacial score (nSPS) is 13.2. The van der Waals surface area contributed by atoms with Gasteiger partial charge in [0.15, 0.2) is 0 Å². The number of nitrogens with zero attached hydrogens (tertiary/aromatic N) is 1. The van der Waals surface area contributed by atoms with Gasteiger partial charge in [0.2, 0.25) is 11.8 Å². The maximum absolute atomic E-state index is 11.3. The average Bonchev–Trinajstić information content (AvgIpc) is 2.91. The lowest BCUT2D eigenvalue weighted by molar-refractivity contribution is -0.115. The number of carbonyl (C=O) groups excluding carboxylic acids is 1. The van der Waals surface area contributed by atoms with Crippen LogP contribution >= 0.6 is 0 Å². The van der Waals surface area contributed by atoms with Crippen molar-refractivity contribution in [1.82, 2.24) is 4.98 Å². The number of fused-ring (bicyclic) bond motifs is 1. The Morgan fingerprint density at radius 2 is 2.37 bits per heavy atom. The van der Waals surface area contributed by atoms with E-state index < -0.39 is 0 Å². The molecule has 3 rings (SSSR count). The van der Waals surface area contributed by atoms with Crippen molar-refractivity contribution in [3.8, 4) is 0 Å². The van der Waals surface area contributed by atoms with Gasteiger partial charge >= 0.3 is 0 Å². The molecule has 1 aromatic carbocycles. The monoisotopic (exact) mass is 258 g/mol. The molecule has 0 spiro atoms. The third-order valence-corrected chi connectivity index (χ3v) is 3.00. The summed E-state index contributed by atoms with van der Waals surface area (Å²) in [7, 11) is 0. The molecule has 0 aliphatic carbocycles. The molecule has 0 saturated carbocycles. The highest BCUT2D eigenvalue weighted by Crippen LogP contribution is 2.31. The van der Waals surface area contributed by atoms with Crippen LogP contribution in [0.25, 0.3) is 0 Å². The van der Waals surface area contributed by atoms with Gasteiger partial charge in [-0.1, -0.05) is 0 Å². The van der Waals surface area contributed by atoms with E-state index in [1.165, 1.54) is 0 Å². The number of anilines is 3. The fourth-order valence-corrected chi connectivity index (χ4v) is 2.10. The highest BCUT2D eigenvalue weighted by molar-refractivity contribution is 6.00. The molecule has 1 aliphatic rings. The topological polar surface area (TPSA) is 93.2 Å². The summed E-state index contributed by atoms with van der Waals surface area (Å²) < 4.78 is 5.37. The summed E-state index contributed by atoms with van der Waals surface area (Å²) in [6, 6.07) is 3.65. The van der Waals surface area contributed by atoms with Gasteiger partial charge < -0.3 is 20.8 Å². The fourth-order valence-electron chi connectivity index (χ4n) is 2.10. The number of nitrogens with two attached hydrogens (primary N) is 1. The van der Waals surface area contributed by atoms with E-state index in [4.69, 9.17) is 10.2 Å². The first-order valence-corrected chi connectivity index (χ1v) is 5.99. The van der Waals surface area contributed by atoms with Crippen molar-refractivity contribution in [2.75, 3.05) is 16.4 Å². The van der Waals surface area contributed by atoms with Crippen LogP contribution in [0.3, 0.4) is 0 Å². The predicted octanol–water partition coefficient (Wildman–Crippen LogP) is 1.67. The molecule has 0 atom stereocenters. The minimum absolute atomic E-state index is 0.00474. The summed E-state index contributed by atoms with van der Waals surface area (Å²) in [6.07, 6.45) is 2.06. The van der Waals surface area contributed by atoms with Crippen molar-refractivity contribution >= 4 is 23.0 Å². The van der Waals surface area contributed by atoms with Crippen molar-refractivity contribution in [3.63, 3.8) is 0 Å². The van der Waals surface area contributed by atoms with E-state index >= 15 is 0 Å². The first-order valence-electron chi connectivity index (χ1n) is 5.99. The van der Waals surface area contributed by atoms with Crippen LogP contribution in [-0.4, -0.2) is 10.9 Å². The van der Waals surface area contributed by atoms with Crippen LogP contribution in [0.2, 0.25) is 0 Å². The van der Waals surface area contributed by atoms with E-state index in [1.54, 1.807) is 6.20 Å². The molecule has 1 aromatic heterocycles. The molecule has 4 N–H and O–H groups in total. The molecular weight excluding hydrogens is 244 g/mol. The molecule has 19 heavy (non-hydrogen) atoms. The van der Waals surface area contributed by atoms with Gasteiger partial charge in [-0.15, -0.1) is 0 Å². The molecule has 6 nitrogen and oxygen atoms in total. The van der Waals surface area contributed by atoms with Crippen LogP contribution in [0.15, 0.2) is 22.7 Å². The zero-order chi connectivity index (χ0) is 13.4. The van der Waals surface area contributed by atoms with Crippen LogP contribution in [0.5, 0.6) is 0 Å². The Morgan fingerprint density at radius 1 is 1.53 bits per heavy atom. The number of hydrogen-bond donors (Lipinski definition) is 3. The van der Waals surface area contributed by atoms with Crippen LogP contribution in [-0.2, 0) is 17.8 Å². The minimum atomic E-state index is -0.00474. The summed E-state index contributed by atoms with van der Waals surface area (Å²) in [4.78, 5) is 15.4. The van der Waals surface area contributed by atoms with Crippen molar-refractivity contribution in [3.05, 3.63) is 35.5 Å². The summed E-state index contributed by atoms with van der Waals surface area (Å²) in [5, 5.41) is 5.95. The lowest BCUT2D eigenvalue weighted by Crippen LogP contribution is -2.04. The molecule has 0 saturated heterocycles. The standard InChI is InChI=1S/C13H14N4O2/c1-7-5-16-13(19-7)6-15-11-4-10-8(2-9(11)14)3-12(18)17-10/h2,4-5,15H,3,6,14H2,1H3,(H,17,18). The second-order valence-electron chi connectivity index (χ2n) is 4.54. The predicted molar refractivity (Wildman–Crippen MR) is 71.8 cm³/mol. The highest BCUT2D eigenvalue weighted by Gasteiger charge is 2.19. The van der Waals surface area contributed by atoms with Crippen molar-refractivity contribution in [1.29, 1.82) is 0 Å². The average molecular weight is 258 g/mol. The van der Waals surface area contributed by atoms with Gasteiger partial charge in [0.25, 0.3) is 0 Å². The Kier molecular flexibility index (Phi) is 2.63. The first kappa shape index (κ1) is 11.6. The summed E-state index contributed by atoms with van der Waals surface area (Å²) >= 11 is 0. The summed E-state index contributed by atoms with van der Waals surface area (Å²) in [6.45, 7) is 2.29. The van der Waals surface area contributed by atoms with Gasteiger partial charge in [-0.05, 0) is 24.6 Å². The SMILES string of the molecule is Cc1cnc(CNc2cc3c(cc2N)CC(=O)N3)o1. The molecule has 98 valence electrons. The smallest absolute Gasteiger partial charge is 0.228 e. The van der Waals surface area contributed by atoms with E-state index in [-0.39, 0.29) is 5.91 Å². The Hall–Kier alpha value is -2.50. The molecule has 0 fully saturated rings. The molecule has 6 heteroatoms. The zero-order valence-corrected chi connectivity index (χ0v) is 10.5. The van der Waals surface area contributed by atoms with E-state index in [2.05, 4.69) is 15.6 Å². The lowest BCUT2D eigenvalue weighted by Gasteiger charge is -2.10. The van der Waals surface area contributed by atoms with Gasteiger partial charge in [-0.25, -0.2) is 4.98 Å². The van der Waals surface area contributed by atoms with Crippen molar-refractivity contribution in [2.24, 2.45) is 0 Å². The van der Waals surface area contributed by atoms with Gasteiger partial charge in [0, 0.05) is 5.69 Å². The van der Waals surface area contributed by atoms with Gasteiger partial charge in [-0.2, -0.15) is 0 Å². The van der Waals surface area contributed by atoms with Crippen LogP contribution < -0.4 is 16.4 Å². The molecule has 2 aromatic rings. The van der Waals surface area contributed by atoms with E-state index in [1.807, 2.05) is 19.1 Å². The second-order valence-corrected chi connectivity index (χ2v) is 4.54. The van der Waals surface area contributed by atoms with Crippen LogP contribution in [0.4, 0.5) is 17.1 Å². The quantitative estimate of drug-likeness (QED) is 0.728. The molecule has 1 aliphatic heterocycles. The van der Waals surface area contributed by atoms with E-state index in [9.17, 15) is 4.79 Å². The third-order valence-electron chi connectivity index (χ3n) is 3.00. The first-order chi connectivity index (χ1) is 9.11. The van der Waals surface area contributed by atoms with Gasteiger partial charge in [0.1, 0.15) is 5.76 Å². The number of hydrogen-bond acceptors (Lipinski definition) is 5. The fraction of sp³-hybridized carbons (Fsp3) is 0.231. The summed E-state index contributed by atoms with van der Waals surface area (Å²) in [5.41, 5.74) is 9.07. The zero-order valence-electron chi connectivity index (χ0n) is 10.5. The number of nitrogen functional groups attached to an aromatic ring is 1. The number of nitrogens with one attached hydrogen (secondary N) is 2. The number of aromatic nitrogens is 1. The molecular formula is C13H14N4O2. The Morgan fingerprint density at radius 3 is 3.11 bits per heavy atom. The summed E-state index contributed by atoms with van der Waals surface area (Å²) in [5.74, 6) is 1.36. The van der Waals surface area contributed by atoms with Gasteiger partial charge in [0.05, 0.1) is 30.5 Å². The number of aryl methyl sites for hydroxylation is 1. The molecule has 0 unspecified atom stereocenters.